The van der Waals surface area contributed by atoms with Crippen molar-refractivity contribution >= 4 is 17.4 Å². The summed E-state index contributed by atoms with van der Waals surface area (Å²) in [6, 6.07) is 6.76. The van der Waals surface area contributed by atoms with Gasteiger partial charge in [0, 0.05) is 62.8 Å². The van der Waals surface area contributed by atoms with Crippen LogP contribution in [0.4, 0.5) is 5.69 Å². The minimum atomic E-state index is -0.258. The number of anilines is 1. The van der Waals surface area contributed by atoms with Crippen molar-refractivity contribution in [1.29, 1.82) is 0 Å². The highest BCUT2D eigenvalue weighted by molar-refractivity contribution is 5.87. The number of aryl methyl sites for hydroxylation is 2. The van der Waals surface area contributed by atoms with Crippen molar-refractivity contribution in [2.75, 3.05) is 64.6 Å². The summed E-state index contributed by atoms with van der Waals surface area (Å²) in [4.78, 5) is 29.9. The normalized spacial score (nSPS) is 24.0. The molecule has 1 aliphatic heterocycles. The molecular formula is C31H48N2O6. The highest BCUT2D eigenvalue weighted by Gasteiger charge is 2.48. The first-order valence-corrected chi connectivity index (χ1v) is 14.4. The number of ether oxygens (including phenoxy) is 4. The summed E-state index contributed by atoms with van der Waals surface area (Å²) in [6.07, 6.45) is 4.33. The molecule has 218 valence electrons. The molecule has 39 heavy (non-hydrogen) atoms. The van der Waals surface area contributed by atoms with Gasteiger partial charge in [-0.2, -0.15) is 0 Å². The van der Waals surface area contributed by atoms with E-state index in [-0.39, 0.29) is 54.7 Å². The molecule has 8 nitrogen and oxygen atoms in total. The second-order valence-electron chi connectivity index (χ2n) is 11.1. The van der Waals surface area contributed by atoms with Gasteiger partial charge in [0.05, 0.1) is 38.6 Å². The van der Waals surface area contributed by atoms with E-state index in [1.165, 1.54) is 11.1 Å². The Hall–Kier alpha value is -2.42. The van der Waals surface area contributed by atoms with Crippen molar-refractivity contribution in [2.45, 2.75) is 59.6 Å². The highest BCUT2D eigenvalue weighted by Crippen LogP contribution is 2.39. The van der Waals surface area contributed by atoms with E-state index in [0.29, 0.717) is 19.6 Å². The van der Waals surface area contributed by atoms with Gasteiger partial charge in [-0.25, -0.2) is 0 Å². The Morgan fingerprint density at radius 1 is 1.18 bits per heavy atom. The van der Waals surface area contributed by atoms with E-state index in [1.807, 2.05) is 13.0 Å². The monoisotopic (exact) mass is 544 g/mol. The highest BCUT2D eigenvalue weighted by atomic mass is 16.5. The minimum Gasteiger partial charge on any atom is -0.501 e. The SMILES string of the molecule is COC1C(C)C(=O)[C@H](CN(c2ccc(C)c(C)c2)C(C)C)[C@H]1C/C=C\OCCC(=O)OCCN1CCOCC1. The second kappa shape index (κ2) is 15.4. The zero-order valence-corrected chi connectivity index (χ0v) is 24.7. The number of hydrogen-bond donors (Lipinski definition) is 0. The van der Waals surface area contributed by atoms with Gasteiger partial charge in [-0.15, -0.1) is 0 Å². The van der Waals surface area contributed by atoms with E-state index in [1.54, 1.807) is 13.4 Å². The van der Waals surface area contributed by atoms with E-state index in [0.717, 1.165) is 38.5 Å². The molecule has 1 heterocycles. The molecule has 1 aromatic carbocycles. The molecule has 4 atom stereocenters. The van der Waals surface area contributed by atoms with E-state index in [4.69, 9.17) is 18.9 Å². The average molecular weight is 545 g/mol. The summed E-state index contributed by atoms with van der Waals surface area (Å²) in [7, 11) is 1.69. The predicted octanol–water partition coefficient (Wildman–Crippen LogP) is 4.17. The van der Waals surface area contributed by atoms with Gasteiger partial charge in [-0.05, 0) is 63.5 Å². The Labute approximate surface area is 234 Å². The fourth-order valence-electron chi connectivity index (χ4n) is 5.62. The number of rotatable bonds is 14. The van der Waals surface area contributed by atoms with Crippen molar-refractivity contribution in [3.05, 3.63) is 41.7 Å². The molecule has 2 unspecified atom stereocenters. The lowest BCUT2D eigenvalue weighted by Gasteiger charge is -2.34. The maximum atomic E-state index is 13.4. The molecule has 0 radical (unpaired) electrons. The molecule has 8 heteroatoms. The molecule has 0 spiro atoms. The number of ketones is 1. The quantitative estimate of drug-likeness (QED) is 0.196. The number of carbonyl (C=O) groups excluding carboxylic acids is 2. The van der Waals surface area contributed by atoms with Gasteiger partial charge in [0.1, 0.15) is 12.4 Å². The van der Waals surface area contributed by atoms with Gasteiger partial charge in [0.15, 0.2) is 0 Å². The third-order valence-corrected chi connectivity index (χ3v) is 8.16. The molecule has 0 aromatic heterocycles. The predicted molar refractivity (Wildman–Crippen MR) is 153 cm³/mol. The van der Waals surface area contributed by atoms with Gasteiger partial charge >= 0.3 is 5.97 Å². The van der Waals surface area contributed by atoms with Crippen LogP contribution in [0, 0.1) is 31.6 Å². The maximum Gasteiger partial charge on any atom is 0.309 e. The van der Waals surface area contributed by atoms with Crippen LogP contribution in [0.5, 0.6) is 0 Å². The number of allylic oxidation sites excluding steroid dienone is 1. The number of esters is 1. The van der Waals surface area contributed by atoms with Crippen LogP contribution < -0.4 is 4.90 Å². The number of Topliss-reactive ketones (excluding diaryl/α,β-unsaturated/α-hetero) is 1. The van der Waals surface area contributed by atoms with Crippen LogP contribution in [0.25, 0.3) is 0 Å². The zero-order valence-electron chi connectivity index (χ0n) is 24.7. The molecule has 3 rings (SSSR count). The van der Waals surface area contributed by atoms with Crippen molar-refractivity contribution < 1.29 is 28.5 Å². The molecule has 2 aliphatic rings. The van der Waals surface area contributed by atoms with Gasteiger partial charge < -0.3 is 23.8 Å². The van der Waals surface area contributed by atoms with Gasteiger partial charge in [0.2, 0.25) is 0 Å². The Morgan fingerprint density at radius 2 is 1.92 bits per heavy atom. The van der Waals surface area contributed by atoms with Crippen molar-refractivity contribution in [1.82, 2.24) is 4.90 Å². The smallest absolute Gasteiger partial charge is 0.309 e. The zero-order chi connectivity index (χ0) is 28.4. The summed E-state index contributed by atoms with van der Waals surface area (Å²) >= 11 is 0. The lowest BCUT2D eigenvalue weighted by atomic mass is 9.90. The number of hydrogen-bond acceptors (Lipinski definition) is 8. The average Bonchev–Trinajstić information content (AvgIpc) is 3.14. The van der Waals surface area contributed by atoms with Gasteiger partial charge in [-0.1, -0.05) is 13.0 Å². The van der Waals surface area contributed by atoms with Crippen LogP contribution >= 0.6 is 0 Å². The van der Waals surface area contributed by atoms with E-state index in [9.17, 15) is 9.59 Å². The Kier molecular flexibility index (Phi) is 12.3. The lowest BCUT2D eigenvalue weighted by Crippen LogP contribution is -2.39. The summed E-state index contributed by atoms with van der Waals surface area (Å²) in [6.45, 7) is 15.8. The number of methoxy groups -OCH3 is 1. The van der Waals surface area contributed by atoms with Crippen LogP contribution in [0.3, 0.4) is 0 Å². The molecule has 1 aliphatic carbocycles. The van der Waals surface area contributed by atoms with Crippen molar-refractivity contribution in [3.8, 4) is 0 Å². The molecule has 0 N–H and O–H groups in total. The number of morpholine rings is 1. The standard InChI is InChI=1S/C31H48N2O6/c1-22(2)33(26-10-9-23(3)24(4)20-26)21-28-27(31(36-6)25(5)30(28)35)8-7-15-37-16-11-29(34)39-19-14-32-12-17-38-18-13-32/h7,9-10,15,20,22,25,27-28,31H,8,11-14,16-19,21H2,1-6H3/b15-7-/t25?,27-,28-,31?/m1/s1. The summed E-state index contributed by atoms with van der Waals surface area (Å²) < 4.78 is 22.1. The minimum absolute atomic E-state index is 0.0512. The molecule has 1 aromatic rings. The summed E-state index contributed by atoms with van der Waals surface area (Å²) in [5.74, 6) is -0.238. The van der Waals surface area contributed by atoms with Crippen molar-refractivity contribution in [3.63, 3.8) is 0 Å². The topological polar surface area (TPSA) is 77.5 Å². The first kappa shape index (κ1) is 31.1. The third kappa shape index (κ3) is 8.78. The molecular weight excluding hydrogens is 496 g/mol. The summed E-state index contributed by atoms with van der Waals surface area (Å²) in [5.41, 5.74) is 3.65. The third-order valence-electron chi connectivity index (χ3n) is 8.16. The first-order chi connectivity index (χ1) is 18.7. The molecule has 2 fully saturated rings. The van der Waals surface area contributed by atoms with Crippen LogP contribution in [0.1, 0.15) is 44.7 Å². The van der Waals surface area contributed by atoms with Crippen LogP contribution in [0.15, 0.2) is 30.5 Å². The Bertz CT molecular complexity index is 958. The van der Waals surface area contributed by atoms with Gasteiger partial charge in [-0.3, -0.25) is 14.5 Å². The first-order valence-electron chi connectivity index (χ1n) is 14.4. The number of benzene rings is 1. The Morgan fingerprint density at radius 3 is 2.59 bits per heavy atom. The summed E-state index contributed by atoms with van der Waals surface area (Å²) in [5, 5.41) is 0. The molecule has 0 amide bonds. The number of nitrogens with zero attached hydrogens (tertiary/aromatic N) is 2. The molecule has 1 saturated heterocycles. The fourth-order valence-corrected chi connectivity index (χ4v) is 5.62. The van der Waals surface area contributed by atoms with E-state index in [2.05, 4.69) is 55.7 Å². The van der Waals surface area contributed by atoms with Gasteiger partial charge in [0.25, 0.3) is 0 Å². The Balaban J connectivity index is 1.50. The molecule has 1 saturated carbocycles. The second-order valence-corrected chi connectivity index (χ2v) is 11.1. The van der Waals surface area contributed by atoms with Crippen LogP contribution in [-0.4, -0.2) is 88.5 Å². The van der Waals surface area contributed by atoms with E-state index >= 15 is 0 Å². The van der Waals surface area contributed by atoms with Crippen LogP contribution in [-0.2, 0) is 28.5 Å². The fraction of sp³-hybridized carbons (Fsp3) is 0.677. The number of carbonyl (C=O) groups is 2. The van der Waals surface area contributed by atoms with Crippen molar-refractivity contribution in [2.24, 2.45) is 17.8 Å². The van der Waals surface area contributed by atoms with Crippen LogP contribution in [0.2, 0.25) is 0 Å². The largest absolute Gasteiger partial charge is 0.501 e. The lowest BCUT2D eigenvalue weighted by molar-refractivity contribution is -0.145. The van der Waals surface area contributed by atoms with E-state index < -0.39 is 0 Å². The molecule has 0 bridgehead atoms. The maximum absolute atomic E-state index is 13.4.